The number of nitrogens with one attached hydrogen (secondary N) is 1. The standard InChI is InChI=1S/C10H19NO5/c1-10(2,3-4-12)7-11-8(13)5-16-6-9(14)15/h12H,3-7H2,1-2H3,(H,11,13)(H,14,15). The Labute approximate surface area is 94.6 Å². The van der Waals surface area contributed by atoms with Gasteiger partial charge in [0.05, 0.1) is 0 Å². The summed E-state index contributed by atoms with van der Waals surface area (Å²) in [7, 11) is 0. The van der Waals surface area contributed by atoms with Crippen LogP contribution in [0.4, 0.5) is 0 Å². The van der Waals surface area contributed by atoms with E-state index in [1.807, 2.05) is 13.8 Å². The molecule has 94 valence electrons. The zero-order chi connectivity index (χ0) is 12.6. The molecule has 0 saturated carbocycles. The molecule has 0 fully saturated rings. The van der Waals surface area contributed by atoms with Crippen LogP contribution in [-0.4, -0.2) is 48.5 Å². The summed E-state index contributed by atoms with van der Waals surface area (Å²) in [5.74, 6) is -1.46. The molecule has 0 rings (SSSR count). The molecule has 0 aliphatic carbocycles. The van der Waals surface area contributed by atoms with Gasteiger partial charge in [0.1, 0.15) is 13.2 Å². The first kappa shape index (κ1) is 14.9. The van der Waals surface area contributed by atoms with E-state index in [1.54, 1.807) is 0 Å². The predicted molar refractivity (Wildman–Crippen MR) is 56.9 cm³/mol. The fraction of sp³-hybridized carbons (Fsp3) is 0.800. The average Bonchev–Trinajstić information content (AvgIpc) is 2.14. The highest BCUT2D eigenvalue weighted by Gasteiger charge is 2.18. The summed E-state index contributed by atoms with van der Waals surface area (Å²) in [6.07, 6.45) is 0.587. The Hall–Kier alpha value is -1.14. The Morgan fingerprint density at radius 3 is 2.44 bits per heavy atom. The minimum absolute atomic E-state index is 0.0678. The van der Waals surface area contributed by atoms with Crippen LogP contribution in [0.25, 0.3) is 0 Å². The van der Waals surface area contributed by atoms with Crippen molar-refractivity contribution >= 4 is 11.9 Å². The van der Waals surface area contributed by atoms with Crippen molar-refractivity contribution in [3.05, 3.63) is 0 Å². The summed E-state index contributed by atoms with van der Waals surface area (Å²) in [4.78, 5) is 21.3. The Balaban J connectivity index is 3.68. The summed E-state index contributed by atoms with van der Waals surface area (Å²) < 4.78 is 4.62. The first-order valence-electron chi connectivity index (χ1n) is 5.04. The van der Waals surface area contributed by atoms with E-state index in [1.165, 1.54) is 0 Å². The maximum absolute atomic E-state index is 11.2. The molecule has 0 aromatic rings. The van der Waals surface area contributed by atoms with E-state index in [9.17, 15) is 9.59 Å². The van der Waals surface area contributed by atoms with Gasteiger partial charge in [0, 0.05) is 13.2 Å². The van der Waals surface area contributed by atoms with Crippen molar-refractivity contribution in [3.8, 4) is 0 Å². The van der Waals surface area contributed by atoms with E-state index in [0.717, 1.165) is 0 Å². The number of aliphatic hydroxyl groups is 1. The van der Waals surface area contributed by atoms with Crippen molar-refractivity contribution in [3.63, 3.8) is 0 Å². The molecule has 0 bridgehead atoms. The van der Waals surface area contributed by atoms with Gasteiger partial charge in [-0.05, 0) is 11.8 Å². The molecule has 16 heavy (non-hydrogen) atoms. The van der Waals surface area contributed by atoms with Crippen LogP contribution < -0.4 is 5.32 Å². The summed E-state index contributed by atoms with van der Waals surface area (Å²) in [6.45, 7) is 3.58. The van der Waals surface area contributed by atoms with E-state index in [-0.39, 0.29) is 24.5 Å². The Morgan fingerprint density at radius 1 is 1.31 bits per heavy atom. The molecule has 0 saturated heterocycles. The molecule has 1 amide bonds. The van der Waals surface area contributed by atoms with Gasteiger partial charge < -0.3 is 20.3 Å². The molecule has 3 N–H and O–H groups in total. The lowest BCUT2D eigenvalue weighted by Crippen LogP contribution is -2.36. The van der Waals surface area contributed by atoms with E-state index < -0.39 is 12.6 Å². The molecule has 0 aliphatic rings. The minimum Gasteiger partial charge on any atom is -0.480 e. The highest BCUT2D eigenvalue weighted by Crippen LogP contribution is 2.17. The Morgan fingerprint density at radius 2 is 1.94 bits per heavy atom. The van der Waals surface area contributed by atoms with Crippen LogP contribution in [0.3, 0.4) is 0 Å². The number of amides is 1. The fourth-order valence-electron chi connectivity index (χ4n) is 1.01. The zero-order valence-electron chi connectivity index (χ0n) is 9.65. The smallest absolute Gasteiger partial charge is 0.329 e. The van der Waals surface area contributed by atoms with Gasteiger partial charge in [0.2, 0.25) is 5.91 Å². The summed E-state index contributed by atoms with van der Waals surface area (Å²) >= 11 is 0. The molecule has 6 nitrogen and oxygen atoms in total. The van der Waals surface area contributed by atoms with E-state index in [4.69, 9.17) is 10.2 Å². The quantitative estimate of drug-likeness (QED) is 0.530. The zero-order valence-corrected chi connectivity index (χ0v) is 9.65. The molecule has 0 spiro atoms. The number of carboxylic acid groups (broad SMARTS) is 1. The molecule has 0 atom stereocenters. The second-order valence-corrected chi connectivity index (χ2v) is 4.30. The number of aliphatic carboxylic acids is 1. The highest BCUT2D eigenvalue weighted by molar-refractivity contribution is 5.77. The second-order valence-electron chi connectivity index (χ2n) is 4.30. The predicted octanol–water partition coefficient (Wildman–Crippen LogP) is -0.388. The van der Waals surface area contributed by atoms with E-state index in [0.29, 0.717) is 13.0 Å². The van der Waals surface area contributed by atoms with E-state index in [2.05, 4.69) is 10.1 Å². The van der Waals surface area contributed by atoms with Crippen molar-refractivity contribution in [2.24, 2.45) is 5.41 Å². The van der Waals surface area contributed by atoms with Gasteiger partial charge in [-0.3, -0.25) is 4.79 Å². The lowest BCUT2D eigenvalue weighted by atomic mass is 9.90. The largest absolute Gasteiger partial charge is 0.480 e. The lowest BCUT2D eigenvalue weighted by molar-refractivity contribution is -0.143. The normalized spacial score (nSPS) is 11.2. The first-order chi connectivity index (χ1) is 7.37. The van der Waals surface area contributed by atoms with Crippen LogP contribution in [0.2, 0.25) is 0 Å². The molecule has 0 aromatic heterocycles. The van der Waals surface area contributed by atoms with Gasteiger partial charge in [-0.2, -0.15) is 0 Å². The van der Waals surface area contributed by atoms with Crippen LogP contribution >= 0.6 is 0 Å². The number of aliphatic hydroxyl groups excluding tert-OH is 1. The monoisotopic (exact) mass is 233 g/mol. The van der Waals surface area contributed by atoms with Crippen molar-refractivity contribution in [2.45, 2.75) is 20.3 Å². The maximum atomic E-state index is 11.2. The van der Waals surface area contributed by atoms with Crippen molar-refractivity contribution in [1.82, 2.24) is 5.32 Å². The van der Waals surface area contributed by atoms with Crippen molar-refractivity contribution in [1.29, 1.82) is 0 Å². The summed E-state index contributed by atoms with van der Waals surface area (Å²) in [5, 5.41) is 19.7. The van der Waals surface area contributed by atoms with Crippen LogP contribution in [-0.2, 0) is 14.3 Å². The average molecular weight is 233 g/mol. The van der Waals surface area contributed by atoms with Crippen LogP contribution in [0.1, 0.15) is 20.3 Å². The molecule has 0 heterocycles. The minimum atomic E-state index is -1.10. The molecule has 0 unspecified atom stereocenters. The third-order valence-corrected chi connectivity index (χ3v) is 2.01. The van der Waals surface area contributed by atoms with Crippen molar-refractivity contribution in [2.75, 3.05) is 26.4 Å². The molecular weight excluding hydrogens is 214 g/mol. The van der Waals surface area contributed by atoms with Gasteiger partial charge >= 0.3 is 5.97 Å². The number of ether oxygens (including phenoxy) is 1. The molecule has 0 aromatic carbocycles. The third kappa shape index (κ3) is 8.19. The number of carboxylic acids is 1. The highest BCUT2D eigenvalue weighted by atomic mass is 16.5. The van der Waals surface area contributed by atoms with Crippen molar-refractivity contribution < 1.29 is 24.5 Å². The second kappa shape index (κ2) is 7.19. The van der Waals surface area contributed by atoms with Gasteiger partial charge in [-0.15, -0.1) is 0 Å². The van der Waals surface area contributed by atoms with Crippen LogP contribution in [0.15, 0.2) is 0 Å². The number of rotatable bonds is 8. The topological polar surface area (TPSA) is 95.9 Å². The van der Waals surface area contributed by atoms with Gasteiger partial charge in [0.25, 0.3) is 0 Å². The number of carbonyl (C=O) groups is 2. The Kier molecular flexibility index (Phi) is 6.67. The summed E-state index contributed by atoms with van der Waals surface area (Å²) in [5.41, 5.74) is -0.183. The molecule has 6 heteroatoms. The SMILES string of the molecule is CC(C)(CCO)CNC(=O)COCC(=O)O. The van der Waals surface area contributed by atoms with Gasteiger partial charge in [0.15, 0.2) is 0 Å². The molecule has 0 aliphatic heterocycles. The number of carbonyl (C=O) groups excluding carboxylic acids is 1. The number of hydrogen-bond donors (Lipinski definition) is 3. The third-order valence-electron chi connectivity index (χ3n) is 2.01. The first-order valence-corrected chi connectivity index (χ1v) is 5.04. The van der Waals surface area contributed by atoms with Gasteiger partial charge in [-0.25, -0.2) is 4.79 Å². The maximum Gasteiger partial charge on any atom is 0.329 e. The summed E-state index contributed by atoms with van der Waals surface area (Å²) in [6, 6.07) is 0. The van der Waals surface area contributed by atoms with Crippen LogP contribution in [0.5, 0.6) is 0 Å². The molecular formula is C10H19NO5. The van der Waals surface area contributed by atoms with E-state index >= 15 is 0 Å². The lowest BCUT2D eigenvalue weighted by Gasteiger charge is -2.23. The van der Waals surface area contributed by atoms with Crippen LogP contribution in [0, 0.1) is 5.41 Å². The fourth-order valence-corrected chi connectivity index (χ4v) is 1.01. The molecule has 0 radical (unpaired) electrons. The Bertz CT molecular complexity index is 239. The number of hydrogen-bond acceptors (Lipinski definition) is 4. The van der Waals surface area contributed by atoms with Gasteiger partial charge in [-0.1, -0.05) is 13.8 Å².